The Hall–Kier alpha value is -1.12. The predicted octanol–water partition coefficient (Wildman–Crippen LogP) is 1.23. The van der Waals surface area contributed by atoms with Crippen LogP contribution in [0.2, 0.25) is 0 Å². The molecule has 66 valence electrons. The Morgan fingerprint density at radius 3 is 2.92 bits per heavy atom. The minimum atomic E-state index is -0.343. The number of cyclic esters (lactones) is 1. The van der Waals surface area contributed by atoms with Gasteiger partial charge in [-0.25, -0.2) is 4.79 Å². The van der Waals surface area contributed by atoms with Gasteiger partial charge in [0.1, 0.15) is 11.9 Å². The fourth-order valence-electron chi connectivity index (χ4n) is 1.13. The number of rotatable bonds is 4. The fourth-order valence-corrected chi connectivity index (χ4v) is 1.13. The molecule has 0 bridgehead atoms. The van der Waals surface area contributed by atoms with Crippen molar-refractivity contribution >= 4 is 11.8 Å². The number of carbonyl (C=O) groups is 2. The summed E-state index contributed by atoms with van der Waals surface area (Å²) in [6.07, 6.45) is 4.44. The van der Waals surface area contributed by atoms with Crippen molar-refractivity contribution in [2.45, 2.75) is 32.3 Å². The summed E-state index contributed by atoms with van der Waals surface area (Å²) in [7, 11) is 0. The van der Waals surface area contributed by atoms with Gasteiger partial charge < -0.3 is 4.74 Å². The summed E-state index contributed by atoms with van der Waals surface area (Å²) in [5.74, 6) is -0.189. The van der Waals surface area contributed by atoms with Gasteiger partial charge in [0, 0.05) is 18.9 Å². The molecule has 0 N–H and O–H groups in total. The second kappa shape index (κ2) is 4.04. The van der Waals surface area contributed by atoms with Crippen molar-refractivity contribution in [2.75, 3.05) is 0 Å². The highest BCUT2D eigenvalue weighted by Crippen LogP contribution is 2.10. The highest BCUT2D eigenvalue weighted by atomic mass is 16.5. The maximum atomic E-state index is 11.1. The summed E-state index contributed by atoms with van der Waals surface area (Å²) in [6.45, 7) is 1.95. The third kappa shape index (κ3) is 2.49. The number of carbonyl (C=O) groups excluding carboxylic acids is 2. The number of ketones is 1. The summed E-state index contributed by atoms with van der Waals surface area (Å²) in [4.78, 5) is 21.7. The highest BCUT2D eigenvalue weighted by molar-refractivity contribution is 5.86. The van der Waals surface area contributed by atoms with Gasteiger partial charge in [0.2, 0.25) is 0 Å². The second-order valence-electron chi connectivity index (χ2n) is 2.83. The Balaban J connectivity index is 2.28. The zero-order chi connectivity index (χ0) is 8.97. The normalized spacial score (nSPS) is 21.1. The van der Waals surface area contributed by atoms with E-state index in [1.54, 1.807) is 6.08 Å². The van der Waals surface area contributed by atoms with E-state index < -0.39 is 0 Å². The third-order valence-corrected chi connectivity index (χ3v) is 1.67. The first-order valence-corrected chi connectivity index (χ1v) is 4.13. The molecule has 3 heteroatoms. The molecule has 0 aromatic rings. The van der Waals surface area contributed by atoms with Crippen molar-refractivity contribution in [1.29, 1.82) is 0 Å². The lowest BCUT2D eigenvalue weighted by Gasteiger charge is -2.05. The van der Waals surface area contributed by atoms with Crippen molar-refractivity contribution in [2.24, 2.45) is 0 Å². The van der Waals surface area contributed by atoms with Gasteiger partial charge in [0.15, 0.2) is 0 Å². The van der Waals surface area contributed by atoms with E-state index in [0.717, 1.165) is 6.42 Å². The summed E-state index contributed by atoms with van der Waals surface area (Å²) in [5, 5.41) is 0. The van der Waals surface area contributed by atoms with Gasteiger partial charge in [0.05, 0.1) is 0 Å². The van der Waals surface area contributed by atoms with Crippen LogP contribution in [0.25, 0.3) is 0 Å². The average molecular weight is 168 g/mol. The molecule has 1 aliphatic rings. The molecule has 12 heavy (non-hydrogen) atoms. The van der Waals surface area contributed by atoms with Crippen LogP contribution in [0.15, 0.2) is 12.2 Å². The lowest BCUT2D eigenvalue weighted by atomic mass is 10.1. The molecule has 1 unspecified atom stereocenters. The monoisotopic (exact) mass is 168 g/mol. The number of hydrogen-bond donors (Lipinski definition) is 0. The van der Waals surface area contributed by atoms with Crippen LogP contribution < -0.4 is 0 Å². The van der Waals surface area contributed by atoms with E-state index in [0.29, 0.717) is 12.8 Å². The summed E-state index contributed by atoms with van der Waals surface area (Å²) in [5.41, 5.74) is 0. The molecule has 0 aliphatic carbocycles. The van der Waals surface area contributed by atoms with E-state index in [1.165, 1.54) is 6.08 Å². The maximum absolute atomic E-state index is 11.1. The van der Waals surface area contributed by atoms with Gasteiger partial charge in [0.25, 0.3) is 0 Å². The van der Waals surface area contributed by atoms with E-state index >= 15 is 0 Å². The molecule has 0 spiro atoms. The third-order valence-electron chi connectivity index (χ3n) is 1.67. The van der Waals surface area contributed by atoms with Crippen LogP contribution in [0.1, 0.15) is 26.2 Å². The second-order valence-corrected chi connectivity index (χ2v) is 2.83. The molecule has 0 saturated carbocycles. The molecular weight excluding hydrogens is 156 g/mol. The lowest BCUT2D eigenvalue weighted by molar-refractivity contribution is -0.139. The number of ether oxygens (including phenoxy) is 1. The number of hydrogen-bond acceptors (Lipinski definition) is 3. The largest absolute Gasteiger partial charge is 0.454 e. The van der Waals surface area contributed by atoms with Crippen molar-refractivity contribution in [3.63, 3.8) is 0 Å². The summed E-state index contributed by atoms with van der Waals surface area (Å²) >= 11 is 0. The quantitative estimate of drug-likeness (QED) is 0.593. The average Bonchev–Trinajstić information content (AvgIpc) is 2.36. The predicted molar refractivity (Wildman–Crippen MR) is 43.6 cm³/mol. The lowest BCUT2D eigenvalue weighted by Crippen LogP contribution is -2.13. The number of esters is 1. The van der Waals surface area contributed by atoms with E-state index in [1.807, 2.05) is 6.92 Å². The first kappa shape index (κ1) is 8.97. The van der Waals surface area contributed by atoms with Crippen molar-refractivity contribution in [3.05, 3.63) is 12.2 Å². The Labute approximate surface area is 71.4 Å². The molecule has 0 amide bonds. The molecule has 3 nitrogen and oxygen atoms in total. The molecule has 1 rings (SSSR count). The molecule has 0 radical (unpaired) electrons. The van der Waals surface area contributed by atoms with Crippen LogP contribution in [0.3, 0.4) is 0 Å². The van der Waals surface area contributed by atoms with Crippen LogP contribution in [0.5, 0.6) is 0 Å². The first-order valence-electron chi connectivity index (χ1n) is 4.13. The highest BCUT2D eigenvalue weighted by Gasteiger charge is 2.18. The molecule has 1 heterocycles. The van der Waals surface area contributed by atoms with E-state index in [2.05, 4.69) is 0 Å². The van der Waals surface area contributed by atoms with Gasteiger partial charge in [-0.3, -0.25) is 4.79 Å². The molecule has 1 aliphatic heterocycles. The van der Waals surface area contributed by atoms with E-state index in [9.17, 15) is 9.59 Å². The smallest absolute Gasteiger partial charge is 0.331 e. The topological polar surface area (TPSA) is 43.4 Å². The van der Waals surface area contributed by atoms with Gasteiger partial charge in [-0.1, -0.05) is 6.92 Å². The van der Waals surface area contributed by atoms with Crippen LogP contribution in [-0.2, 0) is 14.3 Å². The van der Waals surface area contributed by atoms with Crippen molar-refractivity contribution < 1.29 is 14.3 Å². The molecule has 1 atom stereocenters. The van der Waals surface area contributed by atoms with E-state index in [4.69, 9.17) is 4.74 Å². The Bertz CT molecular complexity index is 218. The fraction of sp³-hybridized carbons (Fsp3) is 0.556. The molecule has 0 aromatic carbocycles. The zero-order valence-electron chi connectivity index (χ0n) is 7.08. The maximum Gasteiger partial charge on any atom is 0.331 e. The molecule has 0 aromatic heterocycles. The van der Waals surface area contributed by atoms with Crippen LogP contribution in [-0.4, -0.2) is 17.9 Å². The van der Waals surface area contributed by atoms with Crippen LogP contribution in [0, 0.1) is 0 Å². The summed E-state index contributed by atoms with van der Waals surface area (Å²) in [6, 6.07) is 0. The van der Waals surface area contributed by atoms with Gasteiger partial charge in [-0.05, 0) is 12.5 Å². The standard InChI is InChI=1S/C9H12O3/c1-2-3-7(10)6-8-4-5-9(11)12-8/h4-5,8H,2-3,6H2,1H3. The Morgan fingerprint density at radius 1 is 1.67 bits per heavy atom. The minimum Gasteiger partial charge on any atom is -0.454 e. The van der Waals surface area contributed by atoms with Crippen LogP contribution in [0.4, 0.5) is 0 Å². The van der Waals surface area contributed by atoms with Gasteiger partial charge in [-0.15, -0.1) is 0 Å². The van der Waals surface area contributed by atoms with E-state index in [-0.39, 0.29) is 17.9 Å². The van der Waals surface area contributed by atoms with Crippen LogP contribution >= 0.6 is 0 Å². The van der Waals surface area contributed by atoms with Crippen molar-refractivity contribution in [3.8, 4) is 0 Å². The van der Waals surface area contributed by atoms with Crippen molar-refractivity contribution in [1.82, 2.24) is 0 Å². The first-order chi connectivity index (χ1) is 5.72. The SMILES string of the molecule is CCCC(=O)CC1C=CC(=O)O1. The molecule has 0 fully saturated rings. The molecular formula is C9H12O3. The summed E-state index contributed by atoms with van der Waals surface area (Å²) < 4.78 is 4.81. The van der Waals surface area contributed by atoms with Gasteiger partial charge >= 0.3 is 5.97 Å². The number of Topliss-reactive ketones (excluding diaryl/α,β-unsaturated/α-hetero) is 1. The molecule has 0 saturated heterocycles. The Morgan fingerprint density at radius 2 is 2.42 bits per heavy atom. The van der Waals surface area contributed by atoms with Gasteiger partial charge in [-0.2, -0.15) is 0 Å². The Kier molecular flexibility index (Phi) is 3.02. The zero-order valence-corrected chi connectivity index (χ0v) is 7.08. The minimum absolute atomic E-state index is 0.154.